The Labute approximate surface area is 120 Å². The molecule has 4 heteroatoms. The monoisotopic (exact) mass is 280 g/mol. The largest absolute Gasteiger partial charge is 0.368 e. The molecular weight excluding hydrogens is 260 g/mol. The number of anilines is 1. The first-order valence-corrected chi connectivity index (χ1v) is 7.18. The van der Waals surface area contributed by atoms with Gasteiger partial charge in [0.05, 0.1) is 0 Å². The lowest BCUT2D eigenvalue weighted by Gasteiger charge is -2.37. The number of rotatable bonds is 2. The Morgan fingerprint density at radius 3 is 2.42 bits per heavy atom. The average Bonchev–Trinajstić information content (AvgIpc) is 2.41. The first-order chi connectivity index (χ1) is 9.00. The number of benzene rings is 1. The molecule has 1 saturated heterocycles. The third kappa shape index (κ3) is 3.03. The Morgan fingerprint density at radius 2 is 1.84 bits per heavy atom. The van der Waals surface area contributed by atoms with Gasteiger partial charge in [-0.15, -0.1) is 11.6 Å². The average molecular weight is 281 g/mol. The van der Waals surface area contributed by atoms with Gasteiger partial charge in [0.25, 0.3) is 0 Å². The second-order valence-corrected chi connectivity index (χ2v) is 5.80. The normalized spacial score (nSPS) is 17.5. The molecular formula is C15H21ClN2O. The van der Waals surface area contributed by atoms with Crippen molar-refractivity contribution in [3.8, 4) is 0 Å². The maximum atomic E-state index is 11.8. The fourth-order valence-electron chi connectivity index (χ4n) is 2.50. The molecule has 1 fully saturated rings. The molecule has 3 nitrogen and oxygen atoms in total. The van der Waals surface area contributed by atoms with E-state index in [9.17, 15) is 4.79 Å². The molecule has 1 aliphatic rings. The van der Waals surface area contributed by atoms with Crippen molar-refractivity contribution in [2.45, 2.75) is 26.1 Å². The quantitative estimate of drug-likeness (QED) is 0.778. The van der Waals surface area contributed by atoms with E-state index in [1.807, 2.05) is 4.90 Å². The van der Waals surface area contributed by atoms with Gasteiger partial charge in [-0.1, -0.05) is 12.1 Å². The summed E-state index contributed by atoms with van der Waals surface area (Å²) in [5.41, 5.74) is 3.92. The number of amides is 1. The summed E-state index contributed by atoms with van der Waals surface area (Å²) in [6.45, 7) is 9.28. The predicted octanol–water partition coefficient (Wildman–Crippen LogP) is 2.58. The molecule has 19 heavy (non-hydrogen) atoms. The van der Waals surface area contributed by atoms with E-state index in [0.717, 1.165) is 26.2 Å². The van der Waals surface area contributed by atoms with Gasteiger partial charge in [0.1, 0.15) is 5.38 Å². The molecule has 1 heterocycles. The molecule has 0 spiro atoms. The summed E-state index contributed by atoms with van der Waals surface area (Å²) in [6, 6.07) is 6.38. The van der Waals surface area contributed by atoms with E-state index in [0.29, 0.717) is 0 Å². The van der Waals surface area contributed by atoms with Crippen LogP contribution in [0.25, 0.3) is 0 Å². The van der Waals surface area contributed by atoms with Crippen LogP contribution < -0.4 is 4.90 Å². The lowest BCUT2D eigenvalue weighted by molar-refractivity contribution is -0.130. The Balaban J connectivity index is 2.04. The summed E-state index contributed by atoms with van der Waals surface area (Å²) in [5.74, 6) is 0.0438. The van der Waals surface area contributed by atoms with Crippen molar-refractivity contribution in [3.63, 3.8) is 0 Å². The zero-order valence-electron chi connectivity index (χ0n) is 11.8. The van der Waals surface area contributed by atoms with Crippen LogP contribution in [-0.4, -0.2) is 42.4 Å². The summed E-state index contributed by atoms with van der Waals surface area (Å²) in [5, 5.41) is -0.424. The Bertz CT molecular complexity index is 465. The number of nitrogens with zero attached hydrogens (tertiary/aromatic N) is 2. The minimum absolute atomic E-state index is 0.0438. The highest BCUT2D eigenvalue weighted by molar-refractivity contribution is 6.30. The van der Waals surface area contributed by atoms with Crippen molar-refractivity contribution in [2.24, 2.45) is 0 Å². The highest BCUT2D eigenvalue weighted by atomic mass is 35.5. The summed E-state index contributed by atoms with van der Waals surface area (Å²) < 4.78 is 0. The zero-order chi connectivity index (χ0) is 14.0. The van der Waals surface area contributed by atoms with E-state index >= 15 is 0 Å². The Hall–Kier alpha value is -1.22. The van der Waals surface area contributed by atoms with Crippen LogP contribution >= 0.6 is 11.6 Å². The van der Waals surface area contributed by atoms with Gasteiger partial charge in [-0.05, 0) is 38.0 Å². The summed E-state index contributed by atoms with van der Waals surface area (Å²) in [4.78, 5) is 16.1. The number of carbonyl (C=O) groups is 1. The fraction of sp³-hybridized carbons (Fsp3) is 0.533. The van der Waals surface area contributed by atoms with E-state index < -0.39 is 5.38 Å². The minimum Gasteiger partial charge on any atom is -0.368 e. The predicted molar refractivity (Wildman–Crippen MR) is 80.0 cm³/mol. The van der Waals surface area contributed by atoms with Gasteiger partial charge in [-0.3, -0.25) is 4.79 Å². The molecule has 0 radical (unpaired) electrons. The van der Waals surface area contributed by atoms with Gasteiger partial charge < -0.3 is 9.80 Å². The molecule has 0 bridgehead atoms. The smallest absolute Gasteiger partial charge is 0.240 e. The van der Waals surface area contributed by atoms with Crippen LogP contribution in [0.2, 0.25) is 0 Å². The van der Waals surface area contributed by atoms with Crippen molar-refractivity contribution >= 4 is 23.2 Å². The van der Waals surface area contributed by atoms with Crippen LogP contribution in [-0.2, 0) is 4.79 Å². The van der Waals surface area contributed by atoms with Gasteiger partial charge in [0.2, 0.25) is 5.91 Å². The lowest BCUT2D eigenvalue weighted by atomic mass is 10.1. The van der Waals surface area contributed by atoms with Gasteiger partial charge in [-0.2, -0.15) is 0 Å². The third-order valence-corrected chi connectivity index (χ3v) is 4.04. The summed E-state index contributed by atoms with van der Waals surface area (Å²) >= 11 is 5.86. The number of carbonyl (C=O) groups excluding carboxylic acids is 1. The molecule has 0 N–H and O–H groups in total. The molecule has 104 valence electrons. The minimum atomic E-state index is -0.424. The molecule has 1 atom stereocenters. The van der Waals surface area contributed by atoms with Crippen molar-refractivity contribution in [3.05, 3.63) is 29.3 Å². The second-order valence-electron chi connectivity index (χ2n) is 5.15. The van der Waals surface area contributed by atoms with E-state index in [-0.39, 0.29) is 5.91 Å². The maximum Gasteiger partial charge on any atom is 0.240 e. The standard InChI is InChI=1S/C15H21ClN2O/c1-11-5-4-6-14(12(11)2)17-7-9-18(10-8-17)15(19)13(3)16/h4-6,13H,7-10H2,1-3H3/t13-/m0/s1. The molecule has 1 aromatic carbocycles. The maximum absolute atomic E-state index is 11.8. The number of hydrogen-bond donors (Lipinski definition) is 0. The molecule has 0 saturated carbocycles. The Kier molecular flexibility index (Phi) is 4.35. The van der Waals surface area contributed by atoms with Gasteiger partial charge in [-0.25, -0.2) is 0 Å². The number of piperazine rings is 1. The molecule has 2 rings (SSSR count). The van der Waals surface area contributed by atoms with Crippen LogP contribution in [0.1, 0.15) is 18.1 Å². The summed E-state index contributed by atoms with van der Waals surface area (Å²) in [6.07, 6.45) is 0. The first kappa shape index (κ1) is 14.2. The third-order valence-electron chi connectivity index (χ3n) is 3.85. The molecule has 0 aliphatic carbocycles. The number of aryl methyl sites for hydroxylation is 1. The molecule has 1 aliphatic heterocycles. The van der Waals surface area contributed by atoms with Crippen LogP contribution in [0.5, 0.6) is 0 Å². The summed E-state index contributed by atoms with van der Waals surface area (Å²) in [7, 11) is 0. The fourth-order valence-corrected chi connectivity index (χ4v) is 2.64. The molecule has 1 amide bonds. The Morgan fingerprint density at radius 1 is 1.21 bits per heavy atom. The van der Waals surface area contributed by atoms with Crippen LogP contribution in [0.15, 0.2) is 18.2 Å². The molecule has 0 unspecified atom stereocenters. The van der Waals surface area contributed by atoms with E-state index in [1.165, 1.54) is 16.8 Å². The molecule has 0 aromatic heterocycles. The van der Waals surface area contributed by atoms with Crippen LogP contribution in [0.4, 0.5) is 5.69 Å². The topological polar surface area (TPSA) is 23.6 Å². The zero-order valence-corrected chi connectivity index (χ0v) is 12.6. The van der Waals surface area contributed by atoms with Gasteiger partial charge in [0.15, 0.2) is 0 Å². The van der Waals surface area contributed by atoms with Crippen molar-refractivity contribution in [2.75, 3.05) is 31.1 Å². The highest BCUT2D eigenvalue weighted by Gasteiger charge is 2.24. The van der Waals surface area contributed by atoms with E-state index in [1.54, 1.807) is 6.92 Å². The second kappa shape index (κ2) is 5.83. The van der Waals surface area contributed by atoms with Gasteiger partial charge in [0, 0.05) is 31.9 Å². The SMILES string of the molecule is Cc1cccc(N2CCN(C(=O)[C@H](C)Cl)CC2)c1C. The lowest BCUT2D eigenvalue weighted by Crippen LogP contribution is -2.50. The van der Waals surface area contributed by atoms with E-state index in [2.05, 4.69) is 36.9 Å². The van der Waals surface area contributed by atoms with E-state index in [4.69, 9.17) is 11.6 Å². The molecule has 1 aromatic rings. The highest BCUT2D eigenvalue weighted by Crippen LogP contribution is 2.24. The van der Waals surface area contributed by atoms with Crippen molar-refractivity contribution in [1.82, 2.24) is 4.90 Å². The van der Waals surface area contributed by atoms with Crippen molar-refractivity contribution < 1.29 is 4.79 Å². The number of alkyl halides is 1. The van der Waals surface area contributed by atoms with Crippen LogP contribution in [0, 0.1) is 13.8 Å². The first-order valence-electron chi connectivity index (χ1n) is 6.74. The van der Waals surface area contributed by atoms with Gasteiger partial charge >= 0.3 is 0 Å². The van der Waals surface area contributed by atoms with Crippen LogP contribution in [0.3, 0.4) is 0 Å². The van der Waals surface area contributed by atoms with Crippen molar-refractivity contribution in [1.29, 1.82) is 0 Å². The number of halogens is 1. The number of hydrogen-bond acceptors (Lipinski definition) is 2.